The molecule has 1 aliphatic heterocycles. The Morgan fingerprint density at radius 2 is 2.05 bits per heavy atom. The lowest BCUT2D eigenvalue weighted by Crippen LogP contribution is -2.08. The number of hydrogen-bond acceptors (Lipinski definition) is 2. The molecule has 1 saturated heterocycles. The minimum absolute atomic E-state index is 0.0195. The average molecular weight is 291 g/mol. The molecule has 2 unspecified atom stereocenters. The van der Waals surface area contributed by atoms with Crippen LogP contribution in [0.1, 0.15) is 30.2 Å². The summed E-state index contributed by atoms with van der Waals surface area (Å²) in [5.41, 5.74) is 1.17. The Hall–Kier alpha value is -1.25. The number of methoxy groups -OCH3 is 1. The zero-order chi connectivity index (χ0) is 13.9. The number of fused-ring (bicyclic) bond motifs is 1. The quantitative estimate of drug-likeness (QED) is 0.760. The van der Waals surface area contributed by atoms with Crippen molar-refractivity contribution in [3.05, 3.63) is 42.0 Å². The third-order valence-electron chi connectivity index (χ3n) is 3.97. The Morgan fingerprint density at radius 3 is 2.75 bits per heavy atom. The summed E-state index contributed by atoms with van der Waals surface area (Å²) < 4.78 is 11.1. The lowest BCUT2D eigenvalue weighted by Gasteiger charge is -2.17. The van der Waals surface area contributed by atoms with Crippen LogP contribution in [0.5, 0.6) is 5.75 Å². The molecule has 1 fully saturated rings. The zero-order valence-electron chi connectivity index (χ0n) is 11.6. The van der Waals surface area contributed by atoms with Crippen molar-refractivity contribution in [3.63, 3.8) is 0 Å². The van der Waals surface area contributed by atoms with Crippen LogP contribution in [0.3, 0.4) is 0 Å². The smallest absolute Gasteiger partial charge is 0.126 e. The SMILES string of the molecule is COc1ccc(C(Cl)CC2CCCO2)c2ccccc12. The number of rotatable bonds is 4. The number of benzene rings is 2. The second-order valence-electron chi connectivity index (χ2n) is 5.24. The van der Waals surface area contributed by atoms with Gasteiger partial charge in [0.25, 0.3) is 0 Å². The van der Waals surface area contributed by atoms with Gasteiger partial charge >= 0.3 is 0 Å². The van der Waals surface area contributed by atoms with Gasteiger partial charge in [-0.3, -0.25) is 0 Å². The molecule has 0 spiro atoms. The summed E-state index contributed by atoms with van der Waals surface area (Å²) in [5, 5.41) is 2.27. The molecule has 2 nitrogen and oxygen atoms in total. The first-order valence-electron chi connectivity index (χ1n) is 7.11. The highest BCUT2D eigenvalue weighted by Crippen LogP contribution is 2.37. The highest BCUT2D eigenvalue weighted by atomic mass is 35.5. The van der Waals surface area contributed by atoms with E-state index in [4.69, 9.17) is 21.1 Å². The van der Waals surface area contributed by atoms with Gasteiger partial charge in [-0.05, 0) is 36.3 Å². The lowest BCUT2D eigenvalue weighted by molar-refractivity contribution is 0.103. The average Bonchev–Trinajstić information content (AvgIpc) is 2.99. The molecule has 3 heteroatoms. The van der Waals surface area contributed by atoms with Gasteiger partial charge in [0.15, 0.2) is 0 Å². The number of halogens is 1. The van der Waals surface area contributed by atoms with Crippen LogP contribution in [0.2, 0.25) is 0 Å². The third kappa shape index (κ3) is 2.63. The highest BCUT2D eigenvalue weighted by Gasteiger charge is 2.22. The van der Waals surface area contributed by atoms with Crippen LogP contribution in [-0.2, 0) is 4.74 Å². The summed E-state index contributed by atoms with van der Waals surface area (Å²) in [5.74, 6) is 0.894. The third-order valence-corrected chi connectivity index (χ3v) is 4.38. The van der Waals surface area contributed by atoms with Crippen LogP contribution in [0.15, 0.2) is 36.4 Å². The van der Waals surface area contributed by atoms with Crippen molar-refractivity contribution in [2.24, 2.45) is 0 Å². The fourth-order valence-corrected chi connectivity index (χ4v) is 3.32. The number of ether oxygens (including phenoxy) is 2. The van der Waals surface area contributed by atoms with Gasteiger partial charge in [-0.15, -0.1) is 11.6 Å². The monoisotopic (exact) mass is 290 g/mol. The van der Waals surface area contributed by atoms with Gasteiger partial charge in [0.1, 0.15) is 5.75 Å². The van der Waals surface area contributed by atoms with Crippen LogP contribution in [0.25, 0.3) is 10.8 Å². The molecule has 0 N–H and O–H groups in total. The predicted molar refractivity (Wildman–Crippen MR) is 82.7 cm³/mol. The Labute approximate surface area is 124 Å². The molecular weight excluding hydrogens is 272 g/mol. The van der Waals surface area contributed by atoms with Gasteiger partial charge in [-0.1, -0.05) is 30.3 Å². The minimum atomic E-state index is -0.0195. The Balaban J connectivity index is 1.94. The molecule has 20 heavy (non-hydrogen) atoms. The fraction of sp³-hybridized carbons (Fsp3) is 0.412. The van der Waals surface area contributed by atoms with Crippen LogP contribution < -0.4 is 4.74 Å². The van der Waals surface area contributed by atoms with E-state index >= 15 is 0 Å². The molecule has 0 aromatic heterocycles. The van der Waals surface area contributed by atoms with Crippen LogP contribution in [0.4, 0.5) is 0 Å². The van der Waals surface area contributed by atoms with Gasteiger partial charge in [0.2, 0.25) is 0 Å². The first kappa shape index (κ1) is 13.7. The van der Waals surface area contributed by atoms with E-state index in [1.165, 1.54) is 10.9 Å². The fourth-order valence-electron chi connectivity index (χ4n) is 2.93. The molecule has 0 aliphatic carbocycles. The Bertz CT molecular complexity index is 591. The maximum absolute atomic E-state index is 6.64. The first-order valence-corrected chi connectivity index (χ1v) is 7.54. The number of alkyl halides is 1. The van der Waals surface area contributed by atoms with Crippen LogP contribution in [0, 0.1) is 0 Å². The van der Waals surface area contributed by atoms with Gasteiger partial charge in [0, 0.05) is 12.0 Å². The molecule has 0 radical (unpaired) electrons. The first-order chi connectivity index (χ1) is 9.79. The maximum Gasteiger partial charge on any atom is 0.126 e. The zero-order valence-corrected chi connectivity index (χ0v) is 12.4. The molecule has 1 aliphatic rings. The van der Waals surface area contributed by atoms with Crippen molar-refractivity contribution in [2.45, 2.75) is 30.7 Å². The highest BCUT2D eigenvalue weighted by molar-refractivity contribution is 6.22. The van der Waals surface area contributed by atoms with Gasteiger partial charge in [-0.25, -0.2) is 0 Å². The molecule has 0 saturated carbocycles. The van der Waals surface area contributed by atoms with Crippen molar-refractivity contribution in [1.29, 1.82) is 0 Å². The molecular formula is C17H19ClO2. The largest absolute Gasteiger partial charge is 0.496 e. The van der Waals surface area contributed by atoms with E-state index in [0.717, 1.165) is 37.0 Å². The summed E-state index contributed by atoms with van der Waals surface area (Å²) in [6.45, 7) is 0.873. The van der Waals surface area contributed by atoms with Gasteiger partial charge in [-0.2, -0.15) is 0 Å². The molecule has 1 heterocycles. The Morgan fingerprint density at radius 1 is 1.25 bits per heavy atom. The normalized spacial score (nSPS) is 20.2. The second kappa shape index (κ2) is 6.02. The summed E-state index contributed by atoms with van der Waals surface area (Å²) in [4.78, 5) is 0. The summed E-state index contributed by atoms with van der Waals surface area (Å²) >= 11 is 6.64. The maximum atomic E-state index is 6.64. The molecule has 2 aromatic rings. The van der Waals surface area contributed by atoms with Gasteiger partial charge < -0.3 is 9.47 Å². The molecule has 3 rings (SSSR count). The topological polar surface area (TPSA) is 18.5 Å². The van der Waals surface area contributed by atoms with Crippen molar-refractivity contribution in [3.8, 4) is 5.75 Å². The van der Waals surface area contributed by atoms with E-state index in [0.29, 0.717) is 6.10 Å². The Kier molecular flexibility index (Phi) is 4.13. The van der Waals surface area contributed by atoms with Crippen molar-refractivity contribution >= 4 is 22.4 Å². The molecule has 2 aromatic carbocycles. The van der Waals surface area contributed by atoms with Crippen LogP contribution in [-0.4, -0.2) is 19.8 Å². The molecule has 106 valence electrons. The minimum Gasteiger partial charge on any atom is -0.496 e. The van der Waals surface area contributed by atoms with E-state index in [1.54, 1.807) is 7.11 Å². The van der Waals surface area contributed by atoms with E-state index in [9.17, 15) is 0 Å². The molecule has 2 atom stereocenters. The van der Waals surface area contributed by atoms with Crippen molar-refractivity contribution in [2.75, 3.05) is 13.7 Å². The van der Waals surface area contributed by atoms with Gasteiger partial charge in [0.05, 0.1) is 18.6 Å². The summed E-state index contributed by atoms with van der Waals surface area (Å²) in [7, 11) is 1.70. The van der Waals surface area contributed by atoms with Crippen molar-refractivity contribution in [1.82, 2.24) is 0 Å². The van der Waals surface area contributed by atoms with E-state index in [-0.39, 0.29) is 5.38 Å². The van der Waals surface area contributed by atoms with E-state index in [1.807, 2.05) is 18.2 Å². The second-order valence-corrected chi connectivity index (χ2v) is 5.77. The van der Waals surface area contributed by atoms with E-state index < -0.39 is 0 Å². The summed E-state index contributed by atoms with van der Waals surface area (Å²) in [6.07, 6.45) is 3.45. The lowest BCUT2D eigenvalue weighted by atomic mass is 9.98. The van der Waals surface area contributed by atoms with Crippen molar-refractivity contribution < 1.29 is 9.47 Å². The molecule has 0 amide bonds. The predicted octanol–water partition coefficient (Wildman–Crippen LogP) is 4.70. The molecule has 0 bridgehead atoms. The summed E-state index contributed by atoms with van der Waals surface area (Å²) in [6, 6.07) is 12.3. The number of hydrogen-bond donors (Lipinski definition) is 0. The van der Waals surface area contributed by atoms with E-state index in [2.05, 4.69) is 18.2 Å². The van der Waals surface area contributed by atoms with Crippen LogP contribution >= 0.6 is 11.6 Å². The standard InChI is InChI=1S/C17H19ClO2/c1-19-17-9-8-14(13-6-2-3-7-15(13)17)16(18)11-12-5-4-10-20-12/h2-3,6-9,12,16H,4-5,10-11H2,1H3.